The number of benzene rings is 3. The fourth-order valence-electron chi connectivity index (χ4n) is 3.61. The van der Waals surface area contributed by atoms with E-state index in [2.05, 4.69) is 4.98 Å². The standard InChI is InChI=1S/C26H23NO4S/c1-4-18-7-9-19(10-8-18)25(28)23-16-27-24-14-11-20(31-3)15-22(24)26(23)32(29,30)21-12-5-17(2)6-13-21/h5-16H,4H2,1-3H3. The number of hydrogen-bond donors (Lipinski definition) is 0. The molecule has 0 spiro atoms. The molecule has 0 unspecified atom stereocenters. The van der Waals surface area contributed by atoms with E-state index in [0.29, 0.717) is 22.2 Å². The van der Waals surface area contributed by atoms with Crippen LogP contribution in [0.1, 0.15) is 34.0 Å². The molecule has 0 radical (unpaired) electrons. The number of sulfone groups is 1. The van der Waals surface area contributed by atoms with E-state index in [-0.39, 0.29) is 15.4 Å². The fraction of sp³-hybridized carbons (Fsp3) is 0.154. The van der Waals surface area contributed by atoms with Gasteiger partial charge in [-0.1, -0.05) is 48.9 Å². The summed E-state index contributed by atoms with van der Waals surface area (Å²) in [6.45, 7) is 3.92. The molecule has 1 aromatic heterocycles. The first-order valence-corrected chi connectivity index (χ1v) is 11.8. The summed E-state index contributed by atoms with van der Waals surface area (Å²) >= 11 is 0. The smallest absolute Gasteiger partial charge is 0.208 e. The summed E-state index contributed by atoms with van der Waals surface area (Å²) in [7, 11) is -2.51. The molecular weight excluding hydrogens is 422 g/mol. The van der Waals surface area contributed by atoms with Gasteiger partial charge in [0, 0.05) is 17.1 Å². The van der Waals surface area contributed by atoms with Gasteiger partial charge in [-0.25, -0.2) is 8.42 Å². The van der Waals surface area contributed by atoms with Crippen molar-refractivity contribution in [2.45, 2.75) is 30.1 Å². The minimum atomic E-state index is -4.02. The molecule has 5 nitrogen and oxygen atoms in total. The molecule has 162 valence electrons. The van der Waals surface area contributed by atoms with Crippen LogP contribution < -0.4 is 4.74 Å². The predicted molar refractivity (Wildman–Crippen MR) is 124 cm³/mol. The Morgan fingerprint density at radius 3 is 2.28 bits per heavy atom. The minimum absolute atomic E-state index is 0.0376. The summed E-state index contributed by atoms with van der Waals surface area (Å²) in [4.78, 5) is 17.9. The maximum atomic E-state index is 13.8. The van der Waals surface area contributed by atoms with Gasteiger partial charge in [-0.05, 0) is 49.2 Å². The van der Waals surface area contributed by atoms with E-state index in [1.54, 1.807) is 54.6 Å². The number of ketones is 1. The van der Waals surface area contributed by atoms with Crippen LogP contribution in [0.3, 0.4) is 0 Å². The molecule has 0 aliphatic heterocycles. The van der Waals surface area contributed by atoms with Crippen molar-refractivity contribution < 1.29 is 17.9 Å². The Labute approximate surface area is 187 Å². The van der Waals surface area contributed by atoms with Crippen molar-refractivity contribution in [3.8, 4) is 5.75 Å². The number of aryl methyl sites for hydroxylation is 2. The summed E-state index contributed by atoms with van der Waals surface area (Å²) < 4.78 is 32.9. The Bertz CT molecular complexity index is 1410. The first kappa shape index (κ1) is 21.7. The number of rotatable bonds is 6. The van der Waals surface area contributed by atoms with E-state index >= 15 is 0 Å². The third-order valence-corrected chi connectivity index (χ3v) is 7.36. The summed E-state index contributed by atoms with van der Waals surface area (Å²) in [6.07, 6.45) is 2.20. The zero-order chi connectivity index (χ0) is 22.9. The molecule has 1 heterocycles. The van der Waals surface area contributed by atoms with Crippen LogP contribution in [0.5, 0.6) is 5.75 Å². The van der Waals surface area contributed by atoms with Crippen LogP contribution >= 0.6 is 0 Å². The van der Waals surface area contributed by atoms with Gasteiger partial charge in [0.05, 0.1) is 28.0 Å². The average molecular weight is 446 g/mol. The molecule has 0 saturated carbocycles. The summed E-state index contributed by atoms with van der Waals surface area (Å²) in [5.41, 5.74) is 2.95. The molecule has 4 rings (SSSR count). The Kier molecular flexibility index (Phi) is 5.80. The highest BCUT2D eigenvalue weighted by Crippen LogP contribution is 2.34. The molecule has 32 heavy (non-hydrogen) atoms. The summed E-state index contributed by atoms with van der Waals surface area (Å²) in [5, 5.41) is 0.348. The fourth-order valence-corrected chi connectivity index (χ4v) is 5.23. The average Bonchev–Trinajstić information content (AvgIpc) is 2.82. The van der Waals surface area contributed by atoms with E-state index in [0.717, 1.165) is 17.5 Å². The summed E-state index contributed by atoms with van der Waals surface area (Å²) in [5.74, 6) is 0.0899. The lowest BCUT2D eigenvalue weighted by Gasteiger charge is -2.14. The normalized spacial score (nSPS) is 11.5. The molecule has 0 N–H and O–H groups in total. The van der Waals surface area contributed by atoms with Gasteiger partial charge in [-0.2, -0.15) is 0 Å². The third kappa shape index (κ3) is 3.89. The zero-order valence-electron chi connectivity index (χ0n) is 18.1. The Morgan fingerprint density at radius 1 is 0.969 bits per heavy atom. The van der Waals surface area contributed by atoms with Crippen LogP contribution in [0, 0.1) is 6.92 Å². The van der Waals surface area contributed by atoms with Crippen molar-refractivity contribution in [1.82, 2.24) is 4.98 Å². The number of methoxy groups -OCH3 is 1. The predicted octanol–water partition coefficient (Wildman–Crippen LogP) is 5.18. The van der Waals surface area contributed by atoms with E-state index in [4.69, 9.17) is 4.74 Å². The number of pyridine rings is 1. The maximum absolute atomic E-state index is 13.8. The van der Waals surface area contributed by atoms with Crippen molar-refractivity contribution in [3.05, 3.63) is 95.2 Å². The van der Waals surface area contributed by atoms with E-state index < -0.39 is 15.6 Å². The van der Waals surface area contributed by atoms with Crippen LogP contribution in [0.2, 0.25) is 0 Å². The van der Waals surface area contributed by atoms with Gasteiger partial charge in [0.25, 0.3) is 0 Å². The molecule has 0 saturated heterocycles. The van der Waals surface area contributed by atoms with Crippen molar-refractivity contribution >= 4 is 26.5 Å². The van der Waals surface area contributed by atoms with Gasteiger partial charge < -0.3 is 4.74 Å². The van der Waals surface area contributed by atoms with E-state index in [9.17, 15) is 13.2 Å². The lowest BCUT2D eigenvalue weighted by Crippen LogP contribution is -2.13. The second-order valence-electron chi connectivity index (χ2n) is 7.58. The van der Waals surface area contributed by atoms with Gasteiger partial charge in [0.1, 0.15) is 5.75 Å². The quantitative estimate of drug-likeness (QED) is 0.383. The molecular formula is C26H23NO4S. The first-order valence-electron chi connectivity index (χ1n) is 10.3. The second-order valence-corrected chi connectivity index (χ2v) is 9.47. The van der Waals surface area contributed by atoms with Gasteiger partial charge >= 0.3 is 0 Å². The number of hydrogen-bond acceptors (Lipinski definition) is 5. The van der Waals surface area contributed by atoms with Crippen LogP contribution in [0.4, 0.5) is 0 Å². The topological polar surface area (TPSA) is 73.3 Å². The number of nitrogens with zero attached hydrogens (tertiary/aromatic N) is 1. The minimum Gasteiger partial charge on any atom is -0.497 e. The van der Waals surface area contributed by atoms with Gasteiger partial charge in [0.15, 0.2) is 5.78 Å². The lowest BCUT2D eigenvalue weighted by atomic mass is 10.0. The Morgan fingerprint density at radius 2 is 1.66 bits per heavy atom. The highest BCUT2D eigenvalue weighted by atomic mass is 32.2. The zero-order valence-corrected chi connectivity index (χ0v) is 18.9. The molecule has 0 aliphatic carbocycles. The van der Waals surface area contributed by atoms with Crippen molar-refractivity contribution in [2.24, 2.45) is 0 Å². The second kappa shape index (κ2) is 8.55. The number of fused-ring (bicyclic) bond motifs is 1. The molecule has 0 fully saturated rings. The number of aromatic nitrogens is 1. The Hall–Kier alpha value is -3.51. The molecule has 0 aliphatic rings. The highest BCUT2D eigenvalue weighted by Gasteiger charge is 2.28. The van der Waals surface area contributed by atoms with Crippen molar-refractivity contribution in [1.29, 1.82) is 0 Å². The number of carbonyl (C=O) groups excluding carboxylic acids is 1. The molecule has 0 bridgehead atoms. The lowest BCUT2D eigenvalue weighted by molar-refractivity contribution is 0.103. The number of carbonyl (C=O) groups is 1. The largest absolute Gasteiger partial charge is 0.497 e. The molecule has 0 amide bonds. The molecule has 0 atom stereocenters. The van der Waals surface area contributed by atoms with E-state index in [1.165, 1.54) is 13.3 Å². The molecule has 3 aromatic carbocycles. The highest BCUT2D eigenvalue weighted by molar-refractivity contribution is 7.91. The Balaban J connectivity index is 2.00. The van der Waals surface area contributed by atoms with Crippen LogP contribution in [0.15, 0.2) is 82.7 Å². The third-order valence-electron chi connectivity index (χ3n) is 5.49. The first-order chi connectivity index (χ1) is 15.3. The molecule has 6 heteroatoms. The SMILES string of the molecule is CCc1ccc(C(=O)c2cnc3ccc(OC)cc3c2S(=O)(=O)c2ccc(C)cc2)cc1. The van der Waals surface area contributed by atoms with Gasteiger partial charge in [-0.3, -0.25) is 9.78 Å². The van der Waals surface area contributed by atoms with Crippen LogP contribution in [-0.4, -0.2) is 26.3 Å². The molecule has 4 aromatic rings. The van der Waals surface area contributed by atoms with Gasteiger partial charge in [-0.15, -0.1) is 0 Å². The van der Waals surface area contributed by atoms with Crippen molar-refractivity contribution in [3.63, 3.8) is 0 Å². The van der Waals surface area contributed by atoms with E-state index in [1.807, 2.05) is 26.0 Å². The monoisotopic (exact) mass is 445 g/mol. The van der Waals surface area contributed by atoms with Crippen LogP contribution in [0.25, 0.3) is 10.9 Å². The van der Waals surface area contributed by atoms with Gasteiger partial charge in [0.2, 0.25) is 9.84 Å². The summed E-state index contributed by atoms with van der Waals surface area (Å²) in [6, 6.07) is 18.8. The van der Waals surface area contributed by atoms with Crippen molar-refractivity contribution in [2.75, 3.05) is 7.11 Å². The van der Waals surface area contributed by atoms with Crippen LogP contribution in [-0.2, 0) is 16.3 Å². The maximum Gasteiger partial charge on any atom is 0.208 e. The number of ether oxygens (including phenoxy) is 1.